The number of hydrogen-bond donors (Lipinski definition) is 1. The van der Waals surface area contributed by atoms with Crippen molar-refractivity contribution in [1.29, 1.82) is 5.26 Å². The van der Waals surface area contributed by atoms with Crippen molar-refractivity contribution in [1.82, 2.24) is 14.9 Å². The second-order valence-corrected chi connectivity index (χ2v) is 8.86. The third kappa shape index (κ3) is 4.75. The molecule has 3 aliphatic rings. The Kier molecular flexibility index (Phi) is 6.07. The number of aromatic nitrogens is 2. The van der Waals surface area contributed by atoms with E-state index in [1.54, 1.807) is 11.1 Å². The molecule has 0 bridgehead atoms. The smallest absolute Gasteiger partial charge is 0.237 e. The maximum Gasteiger partial charge on any atom is 0.237 e. The average Bonchev–Trinajstić information content (AvgIpc) is 3.29. The van der Waals surface area contributed by atoms with E-state index >= 15 is 0 Å². The molecule has 33 heavy (non-hydrogen) atoms. The van der Waals surface area contributed by atoms with Crippen LogP contribution in [0, 0.1) is 11.3 Å². The van der Waals surface area contributed by atoms with Gasteiger partial charge in [0.05, 0.1) is 11.8 Å². The first-order valence-electron chi connectivity index (χ1n) is 11.7. The van der Waals surface area contributed by atoms with Crippen LogP contribution in [0.4, 0.5) is 17.3 Å². The molecule has 0 radical (unpaired) electrons. The van der Waals surface area contributed by atoms with Gasteiger partial charge in [0.25, 0.3) is 0 Å². The van der Waals surface area contributed by atoms with Gasteiger partial charge < -0.3 is 15.1 Å². The zero-order valence-electron chi connectivity index (χ0n) is 18.8. The van der Waals surface area contributed by atoms with Gasteiger partial charge in [0, 0.05) is 43.8 Å². The quantitative estimate of drug-likeness (QED) is 0.740. The molecule has 0 spiro atoms. The molecule has 1 aromatic carbocycles. The monoisotopic (exact) mass is 440 g/mol. The second-order valence-electron chi connectivity index (χ2n) is 8.86. The molecule has 2 aliphatic heterocycles. The van der Waals surface area contributed by atoms with E-state index in [2.05, 4.69) is 45.5 Å². The number of benzene rings is 1. The number of carbonyl (C=O) groups is 1. The molecule has 1 aromatic heterocycles. The molecule has 7 heteroatoms. The second kappa shape index (κ2) is 9.45. The summed E-state index contributed by atoms with van der Waals surface area (Å²) < 4.78 is 0. The molecule has 3 heterocycles. The minimum absolute atomic E-state index is 0.0564. The number of amides is 1. The number of allylic oxidation sites excluding steroid dienone is 1. The normalized spacial score (nSPS) is 18.0. The van der Waals surface area contributed by atoms with Gasteiger partial charge in [-0.05, 0) is 73.6 Å². The average molecular weight is 441 g/mol. The lowest BCUT2D eigenvalue weighted by atomic mass is 10.0. The summed E-state index contributed by atoms with van der Waals surface area (Å²) in [6, 6.07) is 12.4. The van der Waals surface area contributed by atoms with Crippen molar-refractivity contribution in [3.8, 4) is 6.07 Å². The maximum absolute atomic E-state index is 12.1. The molecular formula is C26H28N6O. The van der Waals surface area contributed by atoms with Gasteiger partial charge in [-0.15, -0.1) is 0 Å². The van der Waals surface area contributed by atoms with Crippen molar-refractivity contribution in [2.24, 2.45) is 0 Å². The van der Waals surface area contributed by atoms with Crippen LogP contribution in [0.25, 0.3) is 5.57 Å². The highest BCUT2D eigenvalue weighted by molar-refractivity contribution is 5.80. The van der Waals surface area contributed by atoms with Gasteiger partial charge in [0.1, 0.15) is 6.42 Å². The fourth-order valence-corrected chi connectivity index (χ4v) is 4.86. The third-order valence-corrected chi connectivity index (χ3v) is 6.66. The van der Waals surface area contributed by atoms with Crippen LogP contribution >= 0.6 is 0 Å². The molecule has 0 unspecified atom stereocenters. The van der Waals surface area contributed by atoms with Crippen LogP contribution in [0.2, 0.25) is 0 Å². The number of rotatable bonds is 5. The van der Waals surface area contributed by atoms with E-state index in [4.69, 9.17) is 10.2 Å². The molecule has 1 fully saturated rings. The number of carbonyl (C=O) groups excluding carboxylic acids is 1. The first-order valence-corrected chi connectivity index (χ1v) is 11.7. The van der Waals surface area contributed by atoms with Gasteiger partial charge in [-0.25, -0.2) is 9.97 Å². The molecule has 1 aliphatic carbocycles. The van der Waals surface area contributed by atoms with Gasteiger partial charge in [0.15, 0.2) is 0 Å². The van der Waals surface area contributed by atoms with E-state index < -0.39 is 0 Å². The lowest BCUT2D eigenvalue weighted by molar-refractivity contribution is -0.129. The van der Waals surface area contributed by atoms with Crippen molar-refractivity contribution in [3.63, 3.8) is 0 Å². The van der Waals surface area contributed by atoms with Crippen LogP contribution in [-0.2, 0) is 4.79 Å². The minimum atomic E-state index is -0.0919. The topological polar surface area (TPSA) is 85.1 Å². The minimum Gasteiger partial charge on any atom is -0.372 e. The van der Waals surface area contributed by atoms with E-state index in [0.717, 1.165) is 42.9 Å². The van der Waals surface area contributed by atoms with Crippen molar-refractivity contribution in [2.45, 2.75) is 38.5 Å². The summed E-state index contributed by atoms with van der Waals surface area (Å²) in [7, 11) is 0. The lowest BCUT2D eigenvalue weighted by Gasteiger charge is -2.28. The summed E-state index contributed by atoms with van der Waals surface area (Å²) >= 11 is 0. The lowest BCUT2D eigenvalue weighted by Crippen LogP contribution is -2.36. The van der Waals surface area contributed by atoms with Gasteiger partial charge >= 0.3 is 0 Å². The van der Waals surface area contributed by atoms with E-state index in [0.29, 0.717) is 19.0 Å². The molecule has 1 amide bonds. The molecule has 0 saturated carbocycles. The molecule has 168 valence electrons. The van der Waals surface area contributed by atoms with Crippen LogP contribution in [-0.4, -0.2) is 47.0 Å². The van der Waals surface area contributed by atoms with Crippen LogP contribution in [0.5, 0.6) is 0 Å². The molecule has 1 saturated heterocycles. The standard InChI is InChI=1S/C26H28N6O/c27-11-8-25(33)32-15-10-19-16-20(17-21(19)18-32)24-9-12-28-26(30-24)29-22-4-6-23(7-5-22)31-13-2-1-3-14-31/h4-7,9,12,17H,1-3,8,10,13-16,18H2,(H,28,29,30). The highest BCUT2D eigenvalue weighted by atomic mass is 16.2. The maximum atomic E-state index is 12.1. The predicted molar refractivity (Wildman–Crippen MR) is 129 cm³/mol. The number of piperidine rings is 1. The van der Waals surface area contributed by atoms with Crippen LogP contribution in [0.3, 0.4) is 0 Å². The number of nitriles is 1. The molecule has 1 N–H and O–H groups in total. The van der Waals surface area contributed by atoms with Crippen molar-refractivity contribution in [2.75, 3.05) is 36.4 Å². The summed E-state index contributed by atoms with van der Waals surface area (Å²) in [5, 5.41) is 12.1. The van der Waals surface area contributed by atoms with E-state index in [1.165, 1.54) is 36.1 Å². The summed E-state index contributed by atoms with van der Waals surface area (Å²) in [6.45, 7) is 3.54. The molecule has 5 rings (SSSR count). The Labute approximate surface area is 194 Å². The van der Waals surface area contributed by atoms with Crippen LogP contribution in [0.15, 0.2) is 53.8 Å². The molecular weight excluding hydrogens is 412 g/mol. The highest BCUT2D eigenvalue weighted by Gasteiger charge is 2.26. The number of anilines is 3. The zero-order chi connectivity index (χ0) is 22.6. The van der Waals surface area contributed by atoms with Gasteiger partial charge in [-0.1, -0.05) is 11.6 Å². The predicted octanol–water partition coefficient (Wildman–Crippen LogP) is 4.44. The SMILES string of the molecule is N#CCC(=O)N1CCC2=C(C=C(c3ccnc(Nc4ccc(N5CCCCC5)cc4)n3)C2)C1. The Morgan fingerprint density at radius 1 is 1.09 bits per heavy atom. The Balaban J connectivity index is 1.25. The summed E-state index contributed by atoms with van der Waals surface area (Å²) in [6.07, 6.45) is 9.46. The zero-order valence-corrected chi connectivity index (χ0v) is 18.8. The summed E-state index contributed by atoms with van der Waals surface area (Å²) in [5.74, 6) is 0.487. The number of nitrogens with zero attached hydrogens (tertiary/aromatic N) is 5. The fourth-order valence-electron chi connectivity index (χ4n) is 4.86. The number of nitrogens with one attached hydrogen (secondary N) is 1. The van der Waals surface area contributed by atoms with Crippen LogP contribution in [0.1, 0.15) is 44.2 Å². The first-order chi connectivity index (χ1) is 16.2. The molecule has 7 nitrogen and oxygen atoms in total. The van der Waals surface area contributed by atoms with Gasteiger partial charge in [-0.2, -0.15) is 5.26 Å². The van der Waals surface area contributed by atoms with E-state index in [-0.39, 0.29) is 12.3 Å². The Hall–Kier alpha value is -3.66. The summed E-state index contributed by atoms with van der Waals surface area (Å²) in [5.41, 5.74) is 6.85. The van der Waals surface area contributed by atoms with Crippen molar-refractivity contribution in [3.05, 3.63) is 59.4 Å². The van der Waals surface area contributed by atoms with Gasteiger partial charge in [-0.3, -0.25) is 4.79 Å². The summed E-state index contributed by atoms with van der Waals surface area (Å²) in [4.78, 5) is 25.5. The Bertz CT molecular complexity index is 1140. The Morgan fingerprint density at radius 3 is 2.70 bits per heavy atom. The highest BCUT2D eigenvalue weighted by Crippen LogP contribution is 2.36. The molecule has 2 aromatic rings. The molecule has 0 atom stereocenters. The Morgan fingerprint density at radius 2 is 1.91 bits per heavy atom. The van der Waals surface area contributed by atoms with Crippen LogP contribution < -0.4 is 10.2 Å². The number of hydrogen-bond acceptors (Lipinski definition) is 6. The fraction of sp³-hybridized carbons (Fsp3) is 0.385. The van der Waals surface area contributed by atoms with Crippen molar-refractivity contribution >= 4 is 28.8 Å². The largest absolute Gasteiger partial charge is 0.372 e. The van der Waals surface area contributed by atoms with E-state index in [1.807, 2.05) is 12.1 Å². The van der Waals surface area contributed by atoms with Gasteiger partial charge in [0.2, 0.25) is 11.9 Å². The third-order valence-electron chi connectivity index (χ3n) is 6.66. The van der Waals surface area contributed by atoms with Crippen molar-refractivity contribution < 1.29 is 4.79 Å². The first kappa shape index (κ1) is 21.2. The van der Waals surface area contributed by atoms with E-state index in [9.17, 15) is 4.79 Å².